The summed E-state index contributed by atoms with van der Waals surface area (Å²) in [5, 5.41) is 10.1. The lowest BCUT2D eigenvalue weighted by atomic mass is 9.85. The number of likely N-dealkylation sites (tertiary alicyclic amines) is 1. The highest BCUT2D eigenvalue weighted by Gasteiger charge is 2.32. The summed E-state index contributed by atoms with van der Waals surface area (Å²) in [6, 6.07) is 10.6. The molecule has 1 aliphatic rings. The van der Waals surface area contributed by atoms with E-state index < -0.39 is 0 Å². The van der Waals surface area contributed by atoms with Gasteiger partial charge in [0.25, 0.3) is 0 Å². The number of rotatable bonds is 2. The normalized spacial score (nSPS) is 25.5. The lowest BCUT2D eigenvalue weighted by molar-refractivity contribution is 0.0347. The zero-order valence-electron chi connectivity index (χ0n) is 10.9. The molecule has 1 heterocycles. The monoisotopic (exact) mass is 233 g/mol. The van der Waals surface area contributed by atoms with Gasteiger partial charge in [-0.05, 0) is 24.9 Å². The zero-order valence-corrected chi connectivity index (χ0v) is 10.9. The van der Waals surface area contributed by atoms with Crippen LogP contribution in [0.5, 0.6) is 0 Å². The first-order valence-corrected chi connectivity index (χ1v) is 6.52. The summed E-state index contributed by atoms with van der Waals surface area (Å²) in [6.45, 7) is 7.40. The van der Waals surface area contributed by atoms with E-state index in [0.717, 1.165) is 32.5 Å². The first-order chi connectivity index (χ1) is 8.08. The molecule has 1 saturated heterocycles. The van der Waals surface area contributed by atoms with Crippen LogP contribution in [0, 0.1) is 5.41 Å². The van der Waals surface area contributed by atoms with E-state index in [0.29, 0.717) is 0 Å². The molecule has 1 atom stereocenters. The van der Waals surface area contributed by atoms with Crippen LogP contribution in [0.25, 0.3) is 0 Å². The lowest BCUT2D eigenvalue weighted by Gasteiger charge is -2.32. The zero-order chi connectivity index (χ0) is 12.3. The number of benzene rings is 1. The number of hydrogen-bond donors (Lipinski definition) is 1. The van der Waals surface area contributed by atoms with E-state index in [1.54, 1.807) is 0 Å². The van der Waals surface area contributed by atoms with Crippen LogP contribution >= 0.6 is 0 Å². The second-order valence-corrected chi connectivity index (χ2v) is 5.84. The summed E-state index contributed by atoms with van der Waals surface area (Å²) in [4.78, 5) is 2.46. The van der Waals surface area contributed by atoms with Gasteiger partial charge in [-0.15, -0.1) is 0 Å². The van der Waals surface area contributed by atoms with Gasteiger partial charge in [-0.2, -0.15) is 0 Å². The number of hydrogen-bond acceptors (Lipinski definition) is 2. The minimum Gasteiger partial charge on any atom is -0.393 e. The molecule has 0 saturated carbocycles. The molecule has 1 fully saturated rings. The van der Waals surface area contributed by atoms with E-state index in [-0.39, 0.29) is 11.5 Å². The first-order valence-electron chi connectivity index (χ1n) is 6.52. The molecule has 0 spiro atoms. The maximum absolute atomic E-state index is 10.1. The van der Waals surface area contributed by atoms with Crippen LogP contribution in [0.4, 0.5) is 0 Å². The standard InChI is InChI=1S/C15H23NO/c1-15(2)12-16(10-6-9-14(15)17)11-13-7-4-3-5-8-13/h3-5,7-8,14,17H,6,9-12H2,1-2H3. The van der Waals surface area contributed by atoms with Crippen LogP contribution < -0.4 is 0 Å². The fourth-order valence-corrected chi connectivity index (χ4v) is 2.64. The molecule has 1 aromatic carbocycles. The number of aliphatic hydroxyl groups is 1. The van der Waals surface area contributed by atoms with Gasteiger partial charge in [0.2, 0.25) is 0 Å². The minimum absolute atomic E-state index is 0.00524. The Bertz CT molecular complexity index is 347. The second-order valence-electron chi connectivity index (χ2n) is 5.84. The van der Waals surface area contributed by atoms with E-state index in [4.69, 9.17) is 0 Å². The van der Waals surface area contributed by atoms with Crippen LogP contribution in [0.1, 0.15) is 32.3 Å². The smallest absolute Gasteiger partial charge is 0.0603 e. The SMILES string of the molecule is CC1(C)CN(Cc2ccccc2)CCCC1O. The Morgan fingerprint density at radius 1 is 1.29 bits per heavy atom. The predicted octanol–water partition coefficient (Wildman–Crippen LogP) is 2.67. The van der Waals surface area contributed by atoms with Gasteiger partial charge in [0.05, 0.1) is 6.10 Å². The average molecular weight is 233 g/mol. The Morgan fingerprint density at radius 2 is 2.00 bits per heavy atom. The van der Waals surface area contributed by atoms with Crippen LogP contribution in [0.15, 0.2) is 30.3 Å². The molecule has 94 valence electrons. The summed E-state index contributed by atoms with van der Waals surface area (Å²) >= 11 is 0. The molecule has 1 N–H and O–H groups in total. The maximum atomic E-state index is 10.1. The van der Waals surface area contributed by atoms with Crippen LogP contribution in [0.2, 0.25) is 0 Å². The van der Waals surface area contributed by atoms with Gasteiger partial charge < -0.3 is 5.11 Å². The third-order valence-electron chi connectivity index (χ3n) is 3.73. The molecule has 2 rings (SSSR count). The van der Waals surface area contributed by atoms with Crippen molar-refractivity contribution in [2.75, 3.05) is 13.1 Å². The average Bonchev–Trinajstić information content (AvgIpc) is 2.40. The van der Waals surface area contributed by atoms with Crippen molar-refractivity contribution >= 4 is 0 Å². The highest BCUT2D eigenvalue weighted by atomic mass is 16.3. The second kappa shape index (κ2) is 5.19. The highest BCUT2D eigenvalue weighted by molar-refractivity contribution is 5.14. The highest BCUT2D eigenvalue weighted by Crippen LogP contribution is 2.29. The van der Waals surface area contributed by atoms with Gasteiger partial charge >= 0.3 is 0 Å². The Labute approximate surface area is 104 Å². The Kier molecular flexibility index (Phi) is 3.85. The summed E-state index contributed by atoms with van der Waals surface area (Å²) < 4.78 is 0. The molecule has 2 heteroatoms. The quantitative estimate of drug-likeness (QED) is 0.849. The van der Waals surface area contributed by atoms with Crippen molar-refractivity contribution in [2.24, 2.45) is 5.41 Å². The topological polar surface area (TPSA) is 23.5 Å². The molecule has 2 nitrogen and oxygen atoms in total. The van der Waals surface area contributed by atoms with Crippen molar-refractivity contribution in [3.8, 4) is 0 Å². The van der Waals surface area contributed by atoms with Gasteiger partial charge in [-0.25, -0.2) is 0 Å². The van der Waals surface area contributed by atoms with Crippen molar-refractivity contribution in [1.29, 1.82) is 0 Å². The van der Waals surface area contributed by atoms with Crippen molar-refractivity contribution in [3.63, 3.8) is 0 Å². The molecule has 0 bridgehead atoms. The van der Waals surface area contributed by atoms with Crippen molar-refractivity contribution in [2.45, 2.75) is 39.3 Å². The predicted molar refractivity (Wildman–Crippen MR) is 70.7 cm³/mol. The third-order valence-corrected chi connectivity index (χ3v) is 3.73. The van der Waals surface area contributed by atoms with E-state index >= 15 is 0 Å². The van der Waals surface area contributed by atoms with Gasteiger partial charge in [0.1, 0.15) is 0 Å². The number of aliphatic hydroxyl groups excluding tert-OH is 1. The Hall–Kier alpha value is -0.860. The molecule has 0 aliphatic carbocycles. The van der Waals surface area contributed by atoms with E-state index in [1.807, 2.05) is 0 Å². The van der Waals surface area contributed by atoms with Crippen molar-refractivity contribution in [3.05, 3.63) is 35.9 Å². The molecular weight excluding hydrogens is 210 g/mol. The molecular formula is C15H23NO. The van der Waals surface area contributed by atoms with Crippen molar-refractivity contribution in [1.82, 2.24) is 4.90 Å². The van der Waals surface area contributed by atoms with Gasteiger partial charge in [0.15, 0.2) is 0 Å². The van der Waals surface area contributed by atoms with Gasteiger partial charge in [-0.3, -0.25) is 4.90 Å². The van der Waals surface area contributed by atoms with Crippen LogP contribution in [0.3, 0.4) is 0 Å². The largest absolute Gasteiger partial charge is 0.393 e. The van der Waals surface area contributed by atoms with E-state index in [2.05, 4.69) is 49.1 Å². The maximum Gasteiger partial charge on any atom is 0.0603 e. The molecule has 0 radical (unpaired) electrons. The molecule has 0 amide bonds. The summed E-state index contributed by atoms with van der Waals surface area (Å²) in [6.07, 6.45) is 1.86. The number of nitrogens with zero attached hydrogens (tertiary/aromatic N) is 1. The summed E-state index contributed by atoms with van der Waals surface area (Å²) in [5.74, 6) is 0. The summed E-state index contributed by atoms with van der Waals surface area (Å²) in [5.41, 5.74) is 1.37. The minimum atomic E-state index is -0.164. The van der Waals surface area contributed by atoms with E-state index in [1.165, 1.54) is 5.56 Å². The van der Waals surface area contributed by atoms with Crippen molar-refractivity contribution < 1.29 is 5.11 Å². The Balaban J connectivity index is 2.02. The van der Waals surface area contributed by atoms with Gasteiger partial charge in [-0.1, -0.05) is 44.2 Å². The fourth-order valence-electron chi connectivity index (χ4n) is 2.64. The molecule has 1 aliphatic heterocycles. The Morgan fingerprint density at radius 3 is 2.71 bits per heavy atom. The molecule has 17 heavy (non-hydrogen) atoms. The third kappa shape index (κ3) is 3.30. The van der Waals surface area contributed by atoms with Gasteiger partial charge in [0, 0.05) is 18.5 Å². The lowest BCUT2D eigenvalue weighted by Crippen LogP contribution is -2.38. The molecule has 1 unspecified atom stereocenters. The first kappa shape index (κ1) is 12.6. The fraction of sp³-hybridized carbons (Fsp3) is 0.600. The molecule has 0 aromatic heterocycles. The van der Waals surface area contributed by atoms with Crippen LogP contribution in [-0.4, -0.2) is 29.2 Å². The molecule has 1 aromatic rings. The summed E-state index contributed by atoms with van der Waals surface area (Å²) in [7, 11) is 0. The van der Waals surface area contributed by atoms with E-state index in [9.17, 15) is 5.11 Å². The van der Waals surface area contributed by atoms with Crippen LogP contribution in [-0.2, 0) is 6.54 Å².